The number of carbonyl (C=O) groups is 1. The van der Waals surface area contributed by atoms with Crippen LogP contribution in [0.15, 0.2) is 48.8 Å². The molecule has 0 radical (unpaired) electrons. The maximum atomic E-state index is 11.6. The van der Waals surface area contributed by atoms with Gasteiger partial charge in [0.15, 0.2) is 0 Å². The normalized spacial score (nSPS) is 14.0. The van der Waals surface area contributed by atoms with Crippen molar-refractivity contribution >= 4 is 17.3 Å². The average molecular weight is 399 g/mol. The lowest BCUT2D eigenvalue weighted by Gasteiger charge is -2.37. The van der Waals surface area contributed by atoms with E-state index >= 15 is 0 Å². The molecular weight excluding hydrogens is 368 g/mol. The fourth-order valence-corrected chi connectivity index (χ4v) is 3.33. The van der Waals surface area contributed by atoms with Crippen molar-refractivity contribution < 1.29 is 14.3 Å². The van der Waals surface area contributed by atoms with Gasteiger partial charge in [0.25, 0.3) is 0 Å². The second-order valence-corrected chi connectivity index (χ2v) is 6.97. The van der Waals surface area contributed by atoms with Crippen LogP contribution in [0.25, 0.3) is 0 Å². The maximum Gasteiger partial charge on any atom is 0.220 e. The molecule has 0 spiro atoms. The van der Waals surface area contributed by atoms with E-state index in [9.17, 15) is 4.79 Å². The fourth-order valence-electron chi connectivity index (χ4n) is 3.33. The summed E-state index contributed by atoms with van der Waals surface area (Å²) in [5.41, 5.74) is 2.44. The highest BCUT2D eigenvalue weighted by Crippen LogP contribution is 2.22. The van der Waals surface area contributed by atoms with Gasteiger partial charge in [-0.3, -0.25) is 9.78 Å². The van der Waals surface area contributed by atoms with Gasteiger partial charge in [-0.05, 0) is 42.8 Å². The molecule has 1 N–H and O–H groups in total. The first kappa shape index (κ1) is 20.9. The summed E-state index contributed by atoms with van der Waals surface area (Å²) in [5.74, 6) is 0.871. The van der Waals surface area contributed by atoms with Crippen LogP contribution in [0.4, 0.5) is 11.4 Å². The van der Waals surface area contributed by atoms with Crippen molar-refractivity contribution in [1.82, 2.24) is 10.3 Å². The Morgan fingerprint density at radius 3 is 2.21 bits per heavy atom. The zero-order valence-electron chi connectivity index (χ0n) is 17.0. The van der Waals surface area contributed by atoms with E-state index in [0.29, 0.717) is 32.6 Å². The molecule has 156 valence electrons. The zero-order chi connectivity index (χ0) is 20.3. The Morgan fingerprint density at radius 1 is 0.966 bits per heavy atom. The van der Waals surface area contributed by atoms with Crippen LogP contribution < -0.4 is 19.9 Å². The molecule has 2 heterocycles. The lowest BCUT2D eigenvalue weighted by molar-refractivity contribution is -0.121. The summed E-state index contributed by atoms with van der Waals surface area (Å²) < 4.78 is 10.7. The average Bonchev–Trinajstić information content (AvgIpc) is 2.78. The van der Waals surface area contributed by atoms with E-state index < -0.39 is 0 Å². The summed E-state index contributed by atoms with van der Waals surface area (Å²) in [5, 5.41) is 2.81. The minimum Gasteiger partial charge on any atom is -0.494 e. The number of rotatable bonds is 10. The third-order valence-electron chi connectivity index (χ3n) is 4.95. The fraction of sp³-hybridized carbons (Fsp3) is 0.455. The number of nitrogens with zero attached hydrogens (tertiary/aromatic N) is 3. The smallest absolute Gasteiger partial charge is 0.220 e. The van der Waals surface area contributed by atoms with Crippen molar-refractivity contribution in [1.29, 1.82) is 0 Å². The van der Waals surface area contributed by atoms with Gasteiger partial charge in [0.1, 0.15) is 5.75 Å². The van der Waals surface area contributed by atoms with E-state index in [1.807, 2.05) is 24.5 Å². The summed E-state index contributed by atoms with van der Waals surface area (Å²) in [6.07, 6.45) is 4.84. The first-order valence-corrected chi connectivity index (χ1v) is 10.1. The van der Waals surface area contributed by atoms with Gasteiger partial charge in [0.2, 0.25) is 5.91 Å². The van der Waals surface area contributed by atoms with Crippen molar-refractivity contribution in [3.63, 3.8) is 0 Å². The predicted octanol–water partition coefficient (Wildman–Crippen LogP) is 2.33. The van der Waals surface area contributed by atoms with E-state index in [1.54, 1.807) is 7.11 Å². The molecule has 1 aromatic carbocycles. The molecule has 1 amide bonds. The van der Waals surface area contributed by atoms with Crippen molar-refractivity contribution in [2.75, 3.05) is 62.8 Å². The van der Waals surface area contributed by atoms with Gasteiger partial charge in [0.05, 0.1) is 13.2 Å². The Morgan fingerprint density at radius 2 is 1.59 bits per heavy atom. The van der Waals surface area contributed by atoms with Gasteiger partial charge < -0.3 is 24.6 Å². The van der Waals surface area contributed by atoms with Crippen molar-refractivity contribution in [2.45, 2.75) is 12.8 Å². The van der Waals surface area contributed by atoms with Crippen LogP contribution in [0.1, 0.15) is 12.8 Å². The number of carbonyl (C=O) groups excluding carboxylic acids is 1. The van der Waals surface area contributed by atoms with Gasteiger partial charge in [-0.15, -0.1) is 0 Å². The monoisotopic (exact) mass is 398 g/mol. The number of methoxy groups -OCH3 is 1. The Kier molecular flexibility index (Phi) is 8.12. The number of piperazine rings is 1. The number of pyridine rings is 1. The molecule has 0 aliphatic carbocycles. The number of benzene rings is 1. The van der Waals surface area contributed by atoms with E-state index in [2.05, 4.69) is 44.4 Å². The van der Waals surface area contributed by atoms with Crippen LogP contribution in [-0.4, -0.2) is 63.9 Å². The van der Waals surface area contributed by atoms with Gasteiger partial charge in [-0.2, -0.15) is 0 Å². The second kappa shape index (κ2) is 11.3. The number of nitrogens with one attached hydrogen (secondary N) is 1. The SMILES string of the molecule is COCCNC(=O)CCCOc1ccc(N2CCN(c3ccncc3)CC2)cc1. The first-order chi connectivity index (χ1) is 14.3. The molecule has 1 saturated heterocycles. The summed E-state index contributed by atoms with van der Waals surface area (Å²) >= 11 is 0. The Bertz CT molecular complexity index is 731. The Balaban J connectivity index is 1.36. The standard InChI is InChI=1S/C22H30N4O3/c1-28-18-12-24-22(27)3-2-17-29-21-6-4-19(5-7-21)25-13-15-26(16-14-25)20-8-10-23-11-9-20/h4-11H,2-3,12-18H2,1H3,(H,24,27). The molecule has 0 atom stereocenters. The number of aromatic nitrogens is 1. The molecule has 7 nitrogen and oxygen atoms in total. The third kappa shape index (κ3) is 6.64. The molecule has 7 heteroatoms. The lowest BCUT2D eigenvalue weighted by Crippen LogP contribution is -2.46. The minimum atomic E-state index is 0.0342. The van der Waals surface area contributed by atoms with Crippen LogP contribution >= 0.6 is 0 Å². The van der Waals surface area contributed by atoms with Crippen LogP contribution in [0.5, 0.6) is 5.75 Å². The highest BCUT2D eigenvalue weighted by molar-refractivity contribution is 5.75. The van der Waals surface area contributed by atoms with E-state index in [4.69, 9.17) is 9.47 Å². The third-order valence-corrected chi connectivity index (χ3v) is 4.95. The molecule has 1 aliphatic heterocycles. The largest absolute Gasteiger partial charge is 0.494 e. The Hall–Kier alpha value is -2.80. The molecule has 0 saturated carbocycles. The summed E-state index contributed by atoms with van der Waals surface area (Å²) in [6.45, 7) is 5.58. The van der Waals surface area contributed by atoms with Crippen LogP contribution in [-0.2, 0) is 9.53 Å². The molecule has 0 unspecified atom stereocenters. The zero-order valence-corrected chi connectivity index (χ0v) is 17.0. The predicted molar refractivity (Wildman–Crippen MR) is 115 cm³/mol. The van der Waals surface area contributed by atoms with Crippen LogP contribution in [0, 0.1) is 0 Å². The number of amides is 1. The lowest BCUT2D eigenvalue weighted by atomic mass is 10.2. The van der Waals surface area contributed by atoms with Gasteiger partial charge in [-0.25, -0.2) is 0 Å². The molecule has 2 aromatic rings. The molecule has 1 fully saturated rings. The number of anilines is 2. The number of ether oxygens (including phenoxy) is 2. The van der Waals surface area contributed by atoms with E-state index in [0.717, 1.165) is 31.9 Å². The Labute approximate surface area is 172 Å². The molecule has 3 rings (SSSR count). The number of hydrogen-bond acceptors (Lipinski definition) is 6. The van der Waals surface area contributed by atoms with E-state index in [-0.39, 0.29) is 5.91 Å². The highest BCUT2D eigenvalue weighted by atomic mass is 16.5. The van der Waals surface area contributed by atoms with E-state index in [1.165, 1.54) is 11.4 Å². The van der Waals surface area contributed by atoms with Crippen molar-refractivity contribution in [2.24, 2.45) is 0 Å². The summed E-state index contributed by atoms with van der Waals surface area (Å²) in [4.78, 5) is 20.5. The topological polar surface area (TPSA) is 66.9 Å². The summed E-state index contributed by atoms with van der Waals surface area (Å²) in [6, 6.07) is 12.3. The number of hydrogen-bond donors (Lipinski definition) is 1. The molecular formula is C22H30N4O3. The van der Waals surface area contributed by atoms with Gasteiger partial charge >= 0.3 is 0 Å². The summed E-state index contributed by atoms with van der Waals surface area (Å²) in [7, 11) is 1.62. The van der Waals surface area contributed by atoms with Crippen LogP contribution in [0.3, 0.4) is 0 Å². The highest BCUT2D eigenvalue weighted by Gasteiger charge is 2.17. The molecule has 29 heavy (non-hydrogen) atoms. The van der Waals surface area contributed by atoms with Crippen LogP contribution in [0.2, 0.25) is 0 Å². The van der Waals surface area contributed by atoms with Gasteiger partial charge in [0, 0.05) is 70.0 Å². The quantitative estimate of drug-likeness (QED) is 0.620. The molecule has 1 aliphatic rings. The second-order valence-electron chi connectivity index (χ2n) is 6.97. The molecule has 0 bridgehead atoms. The van der Waals surface area contributed by atoms with Crippen molar-refractivity contribution in [3.05, 3.63) is 48.8 Å². The maximum absolute atomic E-state index is 11.6. The first-order valence-electron chi connectivity index (χ1n) is 10.1. The minimum absolute atomic E-state index is 0.0342. The van der Waals surface area contributed by atoms with Crippen molar-refractivity contribution in [3.8, 4) is 5.75 Å². The van der Waals surface area contributed by atoms with Gasteiger partial charge in [-0.1, -0.05) is 0 Å². The molecule has 1 aromatic heterocycles.